The van der Waals surface area contributed by atoms with Crippen molar-refractivity contribution in [1.29, 1.82) is 0 Å². The molecule has 0 aliphatic rings. The van der Waals surface area contributed by atoms with Crippen LogP contribution in [0.5, 0.6) is 0 Å². The van der Waals surface area contributed by atoms with Gasteiger partial charge in [0, 0.05) is 129 Å². The largest absolute Gasteiger partial charge is 3.00 e. The number of carboxylic acid groups (broad SMARTS) is 4. The number of carboxylic acids is 4. The molecule has 652 valence electrons. The zero-order valence-electron chi connectivity index (χ0n) is 74.7. The average molecular weight is 1940 g/mol. The van der Waals surface area contributed by atoms with Crippen LogP contribution in [-0.2, 0) is 44.9 Å². The topological polar surface area (TPSA) is 226 Å². The second kappa shape index (κ2) is 52.8. The van der Waals surface area contributed by atoms with Crippen LogP contribution in [0.25, 0.3) is 10.6 Å². The summed E-state index contributed by atoms with van der Waals surface area (Å²) in [5.41, 5.74) is 23.3. The van der Waals surface area contributed by atoms with E-state index in [2.05, 4.69) is 232 Å². The van der Waals surface area contributed by atoms with Gasteiger partial charge >= 0.3 is 73.7 Å². The number of rotatable bonds is 26. The molecule has 0 radical (unpaired) electrons. The molecule has 0 bridgehead atoms. The summed E-state index contributed by atoms with van der Waals surface area (Å²) in [5, 5.41) is 52.3. The average Bonchev–Trinajstić information content (AvgIpc) is 0.796. The SMILES string of the molecule is CC(C)c1cccc(C(C)C)c1N=C([N-]c1c(C(C)C)cccc1C(C)C)c1ccccc1.CC(C)c1cccc(C(C)C)c1N=C([N-]c1c(C(C)C)cccc1C(C)C)c1ccccc1.CN(C)c1ccccc1CC(=O)[O-].CN(C)c1ccccc1CC(=O)[O-].CN(C)c1ccccc1CC(=O)[O-].CN(C)c1ccccc1CC(=O)[O-].[Lu+3].[Lu+3]. The van der Waals surface area contributed by atoms with Crippen LogP contribution in [0.1, 0.15) is 236 Å². The normalized spacial score (nSPS) is 11.0. The van der Waals surface area contributed by atoms with E-state index >= 15 is 0 Å². The Morgan fingerprint density at radius 1 is 0.258 bits per heavy atom. The summed E-state index contributed by atoms with van der Waals surface area (Å²) in [6.45, 7) is 35.8. The third kappa shape index (κ3) is 33.3. The van der Waals surface area contributed by atoms with Crippen molar-refractivity contribution < 1.29 is 113 Å². The molecule has 0 N–H and O–H groups in total. The summed E-state index contributed by atoms with van der Waals surface area (Å²) < 4.78 is 0. The molecule has 0 amide bonds. The van der Waals surface area contributed by atoms with Gasteiger partial charge in [0.25, 0.3) is 0 Å². The number of aliphatic carboxylic acids is 4. The predicted molar refractivity (Wildman–Crippen MR) is 488 cm³/mol. The monoisotopic (exact) mass is 1940 g/mol. The fourth-order valence-corrected chi connectivity index (χ4v) is 13.5. The zero-order valence-corrected chi connectivity index (χ0v) is 78.1. The van der Waals surface area contributed by atoms with Crippen LogP contribution in [-0.4, -0.2) is 91.9 Å². The first-order chi connectivity index (χ1) is 55.8. The molecule has 0 aliphatic carbocycles. The number of nitrogens with zero attached hydrogens (tertiary/aromatic N) is 8. The van der Waals surface area contributed by atoms with Crippen LogP contribution in [0.4, 0.5) is 45.5 Å². The number of hydrogen-bond donors (Lipinski definition) is 0. The van der Waals surface area contributed by atoms with Gasteiger partial charge in [-0.3, -0.25) is 0 Å². The van der Waals surface area contributed by atoms with E-state index in [9.17, 15) is 39.6 Å². The van der Waals surface area contributed by atoms with E-state index in [0.29, 0.717) is 47.3 Å². The van der Waals surface area contributed by atoms with Gasteiger partial charge in [-0.05, 0) is 172 Å². The predicted octanol–water partition coefficient (Wildman–Crippen LogP) is 20.1. The minimum Gasteiger partial charge on any atom is -0.550 e. The molecule has 10 rings (SSSR count). The van der Waals surface area contributed by atoms with Crippen LogP contribution in [0.2, 0.25) is 0 Å². The van der Waals surface area contributed by atoms with E-state index < -0.39 is 23.9 Å². The minimum atomic E-state index is -1.05. The number of carbonyl (C=O) groups excluding carboxylic acids is 4. The van der Waals surface area contributed by atoms with Crippen molar-refractivity contribution in [3.8, 4) is 0 Å². The van der Waals surface area contributed by atoms with E-state index in [-0.39, 0.29) is 99.4 Å². The molecule has 0 atom stereocenters. The molecular weight excluding hydrogens is 1820 g/mol. The van der Waals surface area contributed by atoms with Gasteiger partial charge in [0.05, 0.1) is 0 Å². The van der Waals surface area contributed by atoms with Gasteiger partial charge in [-0.2, -0.15) is 0 Å². The smallest absolute Gasteiger partial charge is 0.550 e. The number of para-hydroxylation sites is 8. The fourth-order valence-electron chi connectivity index (χ4n) is 13.5. The maximum absolute atomic E-state index is 10.4. The first kappa shape index (κ1) is 105. The summed E-state index contributed by atoms with van der Waals surface area (Å²) in [5.74, 6) is 0.433. The quantitative estimate of drug-likeness (QED) is 0.0364. The first-order valence-corrected chi connectivity index (χ1v) is 40.9. The standard InChI is InChI=1S/2C31H39N2.4C10H13NO2.2Lu/c2*1-20(2)25-16-12-17-26(21(3)4)29(25)32-31(24-14-10-9-11-15-24)33-30-27(22(5)6)18-13-19-28(30)23(7)8;4*1-11(2)9-6-4-3-5-8(9)7-10(12)13;;/h2*9-23H,1-8H3;4*3-6H,7H2,1-2H3,(H,12,13);;/q2*-1;;;;;2*+3/p-4. The second-order valence-corrected chi connectivity index (χ2v) is 32.5. The Labute approximate surface area is 776 Å². The molecule has 0 spiro atoms. The van der Waals surface area contributed by atoms with Crippen LogP contribution < -0.4 is 40.0 Å². The minimum absolute atomic E-state index is 0. The Morgan fingerprint density at radius 3 is 0.608 bits per heavy atom. The fraction of sp³-hybridized carbons (Fsp3) is 0.353. The third-order valence-corrected chi connectivity index (χ3v) is 19.5. The molecule has 16 nitrogen and oxygen atoms in total. The number of hydrogen-bond acceptors (Lipinski definition) is 14. The van der Waals surface area contributed by atoms with Crippen molar-refractivity contribution in [2.75, 3.05) is 76.0 Å². The van der Waals surface area contributed by atoms with E-state index in [1.54, 1.807) is 24.3 Å². The molecule has 10 aromatic carbocycles. The number of benzene rings is 10. The van der Waals surface area contributed by atoms with Gasteiger partial charge in [-0.15, -0.1) is 0 Å². The molecule has 10 aromatic rings. The van der Waals surface area contributed by atoms with Crippen molar-refractivity contribution in [1.82, 2.24) is 0 Å². The third-order valence-electron chi connectivity index (χ3n) is 19.5. The molecule has 18 heteroatoms. The second-order valence-electron chi connectivity index (χ2n) is 32.5. The van der Waals surface area contributed by atoms with Crippen LogP contribution in [0.15, 0.2) is 241 Å². The molecular formula is C102H126Lu2N8O8. The Bertz CT molecular complexity index is 4360. The van der Waals surface area contributed by atoms with Crippen LogP contribution >= 0.6 is 0 Å². The Kier molecular flexibility index (Phi) is 46.1. The Hall–Kier alpha value is -9.31. The maximum atomic E-state index is 10.4. The zero-order chi connectivity index (χ0) is 87.6. The molecule has 0 heterocycles. The Balaban J connectivity index is 0.000000394. The first-order valence-electron chi connectivity index (χ1n) is 40.9. The van der Waals surface area contributed by atoms with Crippen molar-refractivity contribution in [3.63, 3.8) is 0 Å². The van der Waals surface area contributed by atoms with E-state index in [1.807, 2.05) is 161 Å². The molecule has 0 aromatic heterocycles. The van der Waals surface area contributed by atoms with Crippen LogP contribution in [0, 0.1) is 73.7 Å². The number of carbonyl (C=O) groups is 4. The molecule has 120 heavy (non-hydrogen) atoms. The molecule has 0 unspecified atom stereocenters. The summed E-state index contributed by atoms with van der Waals surface area (Å²) in [7, 11) is 15.1. The van der Waals surface area contributed by atoms with Gasteiger partial charge in [-0.1, -0.05) is 329 Å². The van der Waals surface area contributed by atoms with Gasteiger partial charge in [0.15, 0.2) is 0 Å². The van der Waals surface area contributed by atoms with Crippen molar-refractivity contribution in [2.24, 2.45) is 9.98 Å². The van der Waals surface area contributed by atoms with Gasteiger partial charge in [-0.25, -0.2) is 0 Å². The summed E-state index contributed by atoms with van der Waals surface area (Å²) in [6.07, 6.45) is -0.134. The number of anilines is 4. The summed E-state index contributed by atoms with van der Waals surface area (Å²) in [4.78, 5) is 59.8. The van der Waals surface area contributed by atoms with E-state index in [1.165, 1.54) is 44.5 Å². The van der Waals surface area contributed by atoms with E-state index in [4.69, 9.17) is 20.6 Å². The van der Waals surface area contributed by atoms with Gasteiger partial charge in [0.2, 0.25) is 0 Å². The summed E-state index contributed by atoms with van der Waals surface area (Å²) >= 11 is 0. The molecule has 0 saturated heterocycles. The van der Waals surface area contributed by atoms with Crippen molar-refractivity contribution >= 4 is 81.0 Å². The molecule has 0 saturated carbocycles. The molecule has 0 fully saturated rings. The van der Waals surface area contributed by atoms with Crippen molar-refractivity contribution in [2.45, 2.75) is 184 Å². The number of aliphatic imine (C=N–C) groups is 2. The van der Waals surface area contributed by atoms with Gasteiger partial charge in [0.1, 0.15) is 0 Å². The van der Waals surface area contributed by atoms with Crippen LogP contribution in [0.3, 0.4) is 0 Å². The number of amidine groups is 2. The Morgan fingerprint density at radius 2 is 0.433 bits per heavy atom. The van der Waals surface area contributed by atoms with Gasteiger partial charge < -0.3 is 79.8 Å². The summed E-state index contributed by atoms with van der Waals surface area (Å²) in [6, 6.07) is 76.7. The maximum Gasteiger partial charge on any atom is 3.00 e. The molecule has 0 aliphatic heterocycles. The van der Waals surface area contributed by atoms with E-state index in [0.717, 1.165) is 90.6 Å². The van der Waals surface area contributed by atoms with Crippen molar-refractivity contribution in [3.05, 3.63) is 319 Å².